The molecule has 0 amide bonds. The molecule has 1 unspecified atom stereocenters. The third kappa shape index (κ3) is 7.22. The van der Waals surface area contributed by atoms with E-state index in [4.69, 9.17) is 18.0 Å². The molecule has 4 nitrogen and oxygen atoms in total. The quantitative estimate of drug-likeness (QED) is 0.335. The van der Waals surface area contributed by atoms with Gasteiger partial charge in [0.25, 0.3) is 0 Å². The summed E-state index contributed by atoms with van der Waals surface area (Å²) < 4.78 is 24.6. The molecule has 1 rings (SSSR count). The molecule has 0 aromatic heterocycles. The lowest BCUT2D eigenvalue weighted by molar-refractivity contribution is -0.226. The molecule has 5 heteroatoms. The molecule has 0 aromatic rings. The molecule has 1 aliphatic heterocycles. The standard InChI is InChI=1S/C18H38O4Si/c1-5-9-10-11-12-13-15-18(19-6-2)16-14-17-23(22-18,20-7-3)21-8-4/h5-17H2,1-4H3. The van der Waals surface area contributed by atoms with Crippen molar-refractivity contribution in [2.75, 3.05) is 19.8 Å². The number of ether oxygens (including phenoxy) is 1. The second-order valence-electron chi connectivity index (χ2n) is 6.37. The van der Waals surface area contributed by atoms with Crippen molar-refractivity contribution in [2.45, 2.75) is 97.3 Å². The predicted molar refractivity (Wildman–Crippen MR) is 96.5 cm³/mol. The minimum atomic E-state index is -2.56. The Balaban J connectivity index is 2.59. The average Bonchev–Trinajstić information content (AvgIpc) is 2.52. The van der Waals surface area contributed by atoms with Gasteiger partial charge in [0, 0.05) is 38.7 Å². The smallest absolute Gasteiger partial charge is 0.374 e. The third-order valence-corrected chi connectivity index (χ3v) is 7.54. The molecule has 23 heavy (non-hydrogen) atoms. The average molecular weight is 347 g/mol. The second kappa shape index (κ2) is 11.6. The van der Waals surface area contributed by atoms with E-state index < -0.39 is 14.6 Å². The largest absolute Gasteiger partial charge is 0.503 e. The fraction of sp³-hybridized carbons (Fsp3) is 1.00. The van der Waals surface area contributed by atoms with Gasteiger partial charge in [-0.1, -0.05) is 39.0 Å². The first-order chi connectivity index (χ1) is 11.2. The lowest BCUT2D eigenvalue weighted by Gasteiger charge is -2.45. The highest BCUT2D eigenvalue weighted by Crippen LogP contribution is 2.39. The van der Waals surface area contributed by atoms with Gasteiger partial charge in [0.2, 0.25) is 0 Å². The molecule has 1 aliphatic rings. The van der Waals surface area contributed by atoms with Crippen LogP contribution in [0.2, 0.25) is 6.04 Å². The summed E-state index contributed by atoms with van der Waals surface area (Å²) in [6.45, 7) is 10.3. The number of hydrogen-bond acceptors (Lipinski definition) is 4. The lowest BCUT2D eigenvalue weighted by atomic mass is 10.0. The third-order valence-electron chi connectivity index (χ3n) is 4.43. The van der Waals surface area contributed by atoms with E-state index in [1.165, 1.54) is 32.1 Å². The van der Waals surface area contributed by atoms with Gasteiger partial charge in [-0.25, -0.2) is 0 Å². The monoisotopic (exact) mass is 346 g/mol. The van der Waals surface area contributed by atoms with Gasteiger partial charge in [0.15, 0.2) is 5.79 Å². The van der Waals surface area contributed by atoms with Crippen molar-refractivity contribution in [3.05, 3.63) is 0 Å². The molecule has 0 radical (unpaired) electrons. The fourth-order valence-corrected chi connectivity index (χ4v) is 6.34. The predicted octanol–water partition coefficient (Wildman–Crippen LogP) is 5.29. The molecule has 1 saturated heterocycles. The van der Waals surface area contributed by atoms with Crippen molar-refractivity contribution in [1.29, 1.82) is 0 Å². The molecule has 0 aromatic carbocycles. The molecule has 0 spiro atoms. The molecule has 1 atom stereocenters. The van der Waals surface area contributed by atoms with E-state index in [0.29, 0.717) is 19.8 Å². The van der Waals surface area contributed by atoms with Gasteiger partial charge >= 0.3 is 8.80 Å². The molecular weight excluding hydrogens is 308 g/mol. The molecule has 138 valence electrons. The Morgan fingerprint density at radius 3 is 2.13 bits per heavy atom. The summed E-state index contributed by atoms with van der Waals surface area (Å²) >= 11 is 0. The lowest BCUT2D eigenvalue weighted by Crippen LogP contribution is -2.57. The maximum Gasteiger partial charge on any atom is 0.503 e. The van der Waals surface area contributed by atoms with Crippen LogP contribution in [0.1, 0.15) is 85.5 Å². The minimum absolute atomic E-state index is 0.478. The van der Waals surface area contributed by atoms with Crippen LogP contribution in [0.4, 0.5) is 0 Å². The zero-order valence-electron chi connectivity index (χ0n) is 15.8. The Bertz CT molecular complexity index is 285. The SMILES string of the molecule is CCCCCCCCC1(OCC)CCC[Si](OCC)(OCC)O1. The van der Waals surface area contributed by atoms with Crippen LogP contribution in [-0.4, -0.2) is 34.4 Å². The van der Waals surface area contributed by atoms with Gasteiger partial charge in [0.05, 0.1) is 0 Å². The summed E-state index contributed by atoms with van der Waals surface area (Å²) in [4.78, 5) is 0. The summed E-state index contributed by atoms with van der Waals surface area (Å²) in [5, 5.41) is 0. The molecule has 0 bridgehead atoms. The maximum absolute atomic E-state index is 6.48. The van der Waals surface area contributed by atoms with Crippen molar-refractivity contribution < 1.29 is 18.0 Å². The molecule has 1 heterocycles. The van der Waals surface area contributed by atoms with Gasteiger partial charge in [-0.2, -0.15) is 0 Å². The van der Waals surface area contributed by atoms with Crippen LogP contribution >= 0.6 is 0 Å². The highest BCUT2D eigenvalue weighted by molar-refractivity contribution is 6.61. The Hall–Kier alpha value is 0.0569. The van der Waals surface area contributed by atoms with Crippen LogP contribution in [0.15, 0.2) is 0 Å². The Kier molecular flexibility index (Phi) is 10.6. The van der Waals surface area contributed by atoms with E-state index in [1.807, 2.05) is 20.8 Å². The maximum atomic E-state index is 6.48. The van der Waals surface area contributed by atoms with Crippen molar-refractivity contribution in [1.82, 2.24) is 0 Å². The molecule has 0 aliphatic carbocycles. The fourth-order valence-electron chi connectivity index (χ4n) is 3.43. The summed E-state index contributed by atoms with van der Waals surface area (Å²) in [6, 6.07) is 0.917. The van der Waals surface area contributed by atoms with Crippen molar-refractivity contribution >= 4 is 8.80 Å². The van der Waals surface area contributed by atoms with Gasteiger partial charge in [-0.05, 0) is 33.6 Å². The van der Waals surface area contributed by atoms with Crippen LogP contribution < -0.4 is 0 Å². The van der Waals surface area contributed by atoms with E-state index in [-0.39, 0.29) is 0 Å². The van der Waals surface area contributed by atoms with Crippen molar-refractivity contribution in [3.8, 4) is 0 Å². The summed E-state index contributed by atoms with van der Waals surface area (Å²) in [6.07, 6.45) is 10.7. The minimum Gasteiger partial charge on any atom is -0.374 e. The number of hydrogen-bond donors (Lipinski definition) is 0. The zero-order valence-corrected chi connectivity index (χ0v) is 16.8. The summed E-state index contributed by atoms with van der Waals surface area (Å²) in [5.41, 5.74) is 0. The van der Waals surface area contributed by atoms with Gasteiger partial charge in [-0.3, -0.25) is 0 Å². The normalized spacial score (nSPS) is 24.0. The Labute approximate surface area is 144 Å². The first kappa shape index (κ1) is 21.1. The van der Waals surface area contributed by atoms with Crippen LogP contribution in [0.3, 0.4) is 0 Å². The number of rotatable bonds is 13. The highest BCUT2D eigenvalue weighted by Gasteiger charge is 2.52. The molecule has 1 fully saturated rings. The van der Waals surface area contributed by atoms with Gasteiger partial charge < -0.3 is 18.0 Å². The summed E-state index contributed by atoms with van der Waals surface area (Å²) in [5.74, 6) is -0.478. The molecule has 0 saturated carbocycles. The second-order valence-corrected chi connectivity index (χ2v) is 9.01. The van der Waals surface area contributed by atoms with Crippen molar-refractivity contribution in [3.63, 3.8) is 0 Å². The van der Waals surface area contributed by atoms with Gasteiger partial charge in [-0.15, -0.1) is 0 Å². The van der Waals surface area contributed by atoms with Crippen LogP contribution in [-0.2, 0) is 18.0 Å². The van der Waals surface area contributed by atoms with Crippen LogP contribution in [0.25, 0.3) is 0 Å². The van der Waals surface area contributed by atoms with E-state index >= 15 is 0 Å². The highest BCUT2D eigenvalue weighted by atomic mass is 28.4. The Morgan fingerprint density at radius 2 is 1.52 bits per heavy atom. The zero-order chi connectivity index (χ0) is 17.0. The van der Waals surface area contributed by atoms with Crippen molar-refractivity contribution in [2.24, 2.45) is 0 Å². The first-order valence-corrected chi connectivity index (χ1v) is 11.7. The Morgan fingerprint density at radius 1 is 0.870 bits per heavy atom. The molecular formula is C18H38O4Si. The van der Waals surface area contributed by atoms with E-state index in [0.717, 1.165) is 31.7 Å². The van der Waals surface area contributed by atoms with Gasteiger partial charge in [0.1, 0.15) is 0 Å². The summed E-state index contributed by atoms with van der Waals surface area (Å²) in [7, 11) is -2.56. The van der Waals surface area contributed by atoms with E-state index in [2.05, 4.69) is 6.92 Å². The van der Waals surface area contributed by atoms with E-state index in [1.54, 1.807) is 0 Å². The topological polar surface area (TPSA) is 36.9 Å². The van der Waals surface area contributed by atoms with Crippen LogP contribution in [0, 0.1) is 0 Å². The number of unbranched alkanes of at least 4 members (excludes halogenated alkanes) is 5. The first-order valence-electron chi connectivity index (χ1n) is 9.78. The van der Waals surface area contributed by atoms with E-state index in [9.17, 15) is 0 Å². The van der Waals surface area contributed by atoms with Crippen LogP contribution in [0.5, 0.6) is 0 Å². The molecule has 0 N–H and O–H groups in total.